The van der Waals surface area contributed by atoms with Crippen LogP contribution in [-0.4, -0.2) is 62.4 Å². The molecule has 8 N–H and O–H groups in total. The van der Waals surface area contributed by atoms with Crippen LogP contribution in [0, 0.1) is 5.41 Å². The van der Waals surface area contributed by atoms with E-state index >= 15 is 0 Å². The highest BCUT2D eigenvalue weighted by Crippen LogP contribution is 2.04. The monoisotopic (exact) mass is 194 g/mol. The van der Waals surface area contributed by atoms with E-state index in [2.05, 4.69) is 0 Å². The Bertz CT molecular complexity index is 176. The van der Waals surface area contributed by atoms with Crippen LogP contribution in [-0.2, 0) is 0 Å². The summed E-state index contributed by atoms with van der Waals surface area (Å²) in [6.45, 7) is -0.761. The Morgan fingerprint density at radius 1 is 1.15 bits per heavy atom. The molecule has 7 heteroatoms. The lowest BCUT2D eigenvalue weighted by molar-refractivity contribution is -0.101. The van der Waals surface area contributed by atoms with Crippen molar-refractivity contribution in [2.75, 3.05) is 6.61 Å². The minimum absolute atomic E-state index is 0.725. The fourth-order valence-electron chi connectivity index (χ4n) is 0.706. The third-order valence-corrected chi connectivity index (χ3v) is 1.57. The summed E-state index contributed by atoms with van der Waals surface area (Å²) >= 11 is 0. The van der Waals surface area contributed by atoms with Crippen LogP contribution in [0.15, 0.2) is 0 Å². The van der Waals surface area contributed by atoms with Gasteiger partial charge in [-0.1, -0.05) is 0 Å². The number of hydrogen-bond donors (Lipinski definition) is 7. The number of aliphatic hydroxyl groups is 5. The molecular formula is C6H14N2O5. The molecule has 4 atom stereocenters. The number of hydrogen-bond acceptors (Lipinski definition) is 6. The molecule has 0 radical (unpaired) electrons. The van der Waals surface area contributed by atoms with Crippen molar-refractivity contribution in [2.45, 2.75) is 24.4 Å². The van der Waals surface area contributed by atoms with Gasteiger partial charge < -0.3 is 31.3 Å². The first-order valence-corrected chi connectivity index (χ1v) is 3.58. The number of amidine groups is 1. The molecule has 0 spiro atoms. The first kappa shape index (κ1) is 12.3. The van der Waals surface area contributed by atoms with E-state index < -0.39 is 36.9 Å². The van der Waals surface area contributed by atoms with Crippen LogP contribution < -0.4 is 5.73 Å². The van der Waals surface area contributed by atoms with Crippen LogP contribution in [0.5, 0.6) is 0 Å². The molecule has 0 aliphatic heterocycles. The Morgan fingerprint density at radius 2 is 1.62 bits per heavy atom. The number of rotatable bonds is 5. The van der Waals surface area contributed by atoms with Gasteiger partial charge in [-0.2, -0.15) is 0 Å². The second kappa shape index (κ2) is 5.10. The van der Waals surface area contributed by atoms with E-state index in [4.69, 9.17) is 36.7 Å². The van der Waals surface area contributed by atoms with E-state index in [1.165, 1.54) is 0 Å². The van der Waals surface area contributed by atoms with E-state index in [1.54, 1.807) is 0 Å². The smallest absolute Gasteiger partial charge is 0.139 e. The lowest BCUT2D eigenvalue weighted by atomic mass is 10.0. The van der Waals surface area contributed by atoms with Crippen molar-refractivity contribution in [2.24, 2.45) is 5.73 Å². The molecule has 0 saturated heterocycles. The molecule has 0 heterocycles. The van der Waals surface area contributed by atoms with Gasteiger partial charge in [0.2, 0.25) is 0 Å². The summed E-state index contributed by atoms with van der Waals surface area (Å²) in [5.41, 5.74) is 4.83. The zero-order valence-corrected chi connectivity index (χ0v) is 6.83. The highest BCUT2D eigenvalue weighted by Gasteiger charge is 2.31. The molecule has 0 aliphatic carbocycles. The Balaban J connectivity index is 4.24. The van der Waals surface area contributed by atoms with Gasteiger partial charge in [0.25, 0.3) is 0 Å². The van der Waals surface area contributed by atoms with Crippen molar-refractivity contribution < 1.29 is 25.5 Å². The summed E-state index contributed by atoms with van der Waals surface area (Å²) in [7, 11) is 0. The van der Waals surface area contributed by atoms with Gasteiger partial charge in [0, 0.05) is 0 Å². The number of nitrogens with two attached hydrogens (primary N) is 1. The molecule has 0 fully saturated rings. The van der Waals surface area contributed by atoms with Crippen LogP contribution in [0.3, 0.4) is 0 Å². The molecule has 78 valence electrons. The fraction of sp³-hybridized carbons (Fsp3) is 0.833. The Morgan fingerprint density at radius 3 is 1.92 bits per heavy atom. The molecule has 0 rings (SSSR count). The average Bonchev–Trinajstić information content (AvgIpc) is 2.12. The molecule has 0 unspecified atom stereocenters. The van der Waals surface area contributed by atoms with Crippen LogP contribution >= 0.6 is 0 Å². The predicted molar refractivity (Wildman–Crippen MR) is 43.0 cm³/mol. The van der Waals surface area contributed by atoms with Crippen LogP contribution in [0.2, 0.25) is 0 Å². The molecule has 0 saturated carbocycles. The van der Waals surface area contributed by atoms with E-state index in [1.807, 2.05) is 0 Å². The largest absolute Gasteiger partial charge is 0.394 e. The van der Waals surface area contributed by atoms with Crippen LogP contribution in [0.4, 0.5) is 0 Å². The normalized spacial score (nSPS) is 20.4. The molecule has 13 heavy (non-hydrogen) atoms. The molecule has 7 nitrogen and oxygen atoms in total. The van der Waals surface area contributed by atoms with Crippen molar-refractivity contribution in [1.82, 2.24) is 0 Å². The lowest BCUT2D eigenvalue weighted by Gasteiger charge is -2.24. The third kappa shape index (κ3) is 3.25. The third-order valence-electron chi connectivity index (χ3n) is 1.57. The Kier molecular flexibility index (Phi) is 4.81. The van der Waals surface area contributed by atoms with Crippen molar-refractivity contribution >= 4 is 5.84 Å². The standard InChI is InChI=1S/C6H14N2O5/c7-6(8)5(13)4(12)3(11)2(10)1-9/h2-5,9-13H,1H2,(H3,7,8)/t2-,3+,4+,5-/m1/s1. The maximum absolute atomic E-state index is 9.07. The van der Waals surface area contributed by atoms with Crippen LogP contribution in [0.1, 0.15) is 0 Å². The van der Waals surface area contributed by atoms with Crippen molar-refractivity contribution in [1.29, 1.82) is 5.41 Å². The summed E-state index contributed by atoms with van der Waals surface area (Å²) in [5.74, 6) is -0.725. The van der Waals surface area contributed by atoms with E-state index in [-0.39, 0.29) is 0 Å². The van der Waals surface area contributed by atoms with Crippen LogP contribution in [0.25, 0.3) is 0 Å². The zero-order chi connectivity index (χ0) is 10.6. The highest BCUT2D eigenvalue weighted by atomic mass is 16.4. The quantitative estimate of drug-likeness (QED) is 0.177. The first-order chi connectivity index (χ1) is 5.91. The molecular weight excluding hydrogens is 180 g/mol. The molecule has 0 aromatic heterocycles. The van der Waals surface area contributed by atoms with Gasteiger partial charge in [0.05, 0.1) is 6.61 Å². The molecule has 0 aliphatic rings. The van der Waals surface area contributed by atoms with Gasteiger partial charge in [-0.3, -0.25) is 5.41 Å². The molecule has 0 amide bonds. The van der Waals surface area contributed by atoms with Gasteiger partial charge in [0.15, 0.2) is 0 Å². The van der Waals surface area contributed by atoms with E-state index in [9.17, 15) is 0 Å². The fourth-order valence-corrected chi connectivity index (χ4v) is 0.706. The summed E-state index contributed by atoms with van der Waals surface area (Å²) in [6, 6.07) is 0. The predicted octanol–water partition coefficient (Wildman–Crippen LogP) is -3.64. The minimum atomic E-state index is -1.79. The second-order valence-electron chi connectivity index (χ2n) is 2.63. The summed E-state index contributed by atoms with van der Waals surface area (Å²) in [4.78, 5) is 0. The van der Waals surface area contributed by atoms with Crippen molar-refractivity contribution in [3.8, 4) is 0 Å². The molecule has 0 aromatic rings. The van der Waals surface area contributed by atoms with E-state index in [0.717, 1.165) is 0 Å². The number of nitrogens with one attached hydrogen (secondary N) is 1. The topological polar surface area (TPSA) is 151 Å². The average molecular weight is 194 g/mol. The minimum Gasteiger partial charge on any atom is -0.394 e. The zero-order valence-electron chi connectivity index (χ0n) is 6.83. The Hall–Kier alpha value is -0.730. The summed E-state index contributed by atoms with van der Waals surface area (Å²) in [5, 5.41) is 51.0. The maximum atomic E-state index is 9.07. The van der Waals surface area contributed by atoms with Gasteiger partial charge in [-0.15, -0.1) is 0 Å². The van der Waals surface area contributed by atoms with E-state index in [0.29, 0.717) is 0 Å². The SMILES string of the molecule is N=C(N)[C@H](O)[C@@H](O)[C@@H](O)[C@H](O)CO. The molecule has 0 aromatic carbocycles. The van der Waals surface area contributed by atoms with Crippen molar-refractivity contribution in [3.63, 3.8) is 0 Å². The van der Waals surface area contributed by atoms with Crippen molar-refractivity contribution in [3.05, 3.63) is 0 Å². The first-order valence-electron chi connectivity index (χ1n) is 3.58. The Labute approximate surface area is 74.6 Å². The highest BCUT2D eigenvalue weighted by molar-refractivity contribution is 5.82. The van der Waals surface area contributed by atoms with Gasteiger partial charge in [0.1, 0.15) is 30.3 Å². The summed E-state index contributed by atoms with van der Waals surface area (Å²) in [6.07, 6.45) is -6.87. The van der Waals surface area contributed by atoms with Gasteiger partial charge in [-0.25, -0.2) is 0 Å². The van der Waals surface area contributed by atoms with Gasteiger partial charge in [-0.05, 0) is 0 Å². The number of aliphatic hydroxyl groups excluding tert-OH is 5. The summed E-state index contributed by atoms with van der Waals surface area (Å²) < 4.78 is 0. The second-order valence-corrected chi connectivity index (χ2v) is 2.63. The maximum Gasteiger partial charge on any atom is 0.139 e. The lowest BCUT2D eigenvalue weighted by Crippen LogP contribution is -2.50. The van der Waals surface area contributed by atoms with Gasteiger partial charge >= 0.3 is 0 Å². The molecule has 0 bridgehead atoms.